The number of aliphatic hydroxyl groups excluding tert-OH is 1. The first kappa shape index (κ1) is 7.35. The fraction of sp³-hybridized carbons (Fsp3) is 0.800. The summed E-state index contributed by atoms with van der Waals surface area (Å²) >= 11 is 0. The molecule has 2 aliphatic carbocycles. The Morgan fingerprint density at radius 3 is 2.55 bits per heavy atom. The molecule has 0 heterocycles. The van der Waals surface area contributed by atoms with E-state index in [0.29, 0.717) is 12.5 Å². The Bertz CT molecular complexity index is 164. The van der Waals surface area contributed by atoms with Crippen LogP contribution in [0.3, 0.4) is 0 Å². The molecule has 0 radical (unpaired) electrons. The molecular weight excluding hydrogens is 136 g/mol. The highest BCUT2D eigenvalue weighted by atomic mass is 16.3. The molecule has 1 N–H and O–H groups in total. The summed E-state index contributed by atoms with van der Waals surface area (Å²) in [5, 5.41) is 9.02. The lowest BCUT2D eigenvalue weighted by Crippen LogP contribution is -2.18. The fourth-order valence-electron chi connectivity index (χ4n) is 2.95. The average Bonchev–Trinajstić information content (AvgIpc) is 2.60. The molecule has 2 bridgehead atoms. The third-order valence-electron chi connectivity index (χ3n) is 3.60. The molecule has 0 aromatic rings. The number of allylic oxidation sites excluding steroid dienone is 1. The third-order valence-corrected chi connectivity index (χ3v) is 3.60. The molecule has 4 unspecified atom stereocenters. The highest BCUT2D eigenvalue weighted by Gasteiger charge is 2.43. The van der Waals surface area contributed by atoms with E-state index in [0.717, 1.165) is 17.8 Å². The highest BCUT2D eigenvalue weighted by molar-refractivity contribution is 5.00. The third kappa shape index (κ3) is 1.02. The van der Waals surface area contributed by atoms with Gasteiger partial charge in [0.15, 0.2) is 0 Å². The summed E-state index contributed by atoms with van der Waals surface area (Å²) in [6, 6.07) is 0. The van der Waals surface area contributed by atoms with Crippen LogP contribution in [0.15, 0.2) is 12.7 Å². The molecule has 0 amide bonds. The summed E-state index contributed by atoms with van der Waals surface area (Å²) in [4.78, 5) is 0. The summed E-state index contributed by atoms with van der Waals surface area (Å²) in [6.45, 7) is 4.26. The predicted octanol–water partition coefficient (Wildman–Crippen LogP) is 1.83. The Labute approximate surface area is 68.1 Å². The Morgan fingerprint density at radius 1 is 1.27 bits per heavy atom. The zero-order chi connectivity index (χ0) is 7.84. The van der Waals surface area contributed by atoms with Gasteiger partial charge in [-0.2, -0.15) is 0 Å². The molecule has 0 aromatic carbocycles. The molecule has 1 nitrogen and oxygen atoms in total. The quantitative estimate of drug-likeness (QED) is 0.598. The van der Waals surface area contributed by atoms with Crippen molar-refractivity contribution < 1.29 is 5.11 Å². The van der Waals surface area contributed by atoms with Gasteiger partial charge in [0.2, 0.25) is 0 Å². The lowest BCUT2D eigenvalue weighted by Gasteiger charge is -2.24. The number of fused-ring (bicyclic) bond motifs is 2. The van der Waals surface area contributed by atoms with Crippen molar-refractivity contribution in [2.24, 2.45) is 23.7 Å². The van der Waals surface area contributed by atoms with E-state index >= 15 is 0 Å². The minimum absolute atomic E-state index is 0.408. The van der Waals surface area contributed by atoms with Crippen LogP contribution in [0.25, 0.3) is 0 Å². The summed E-state index contributed by atoms with van der Waals surface area (Å²) in [6.07, 6.45) is 6.00. The molecule has 0 spiro atoms. The molecule has 0 saturated heterocycles. The molecule has 2 fully saturated rings. The second kappa shape index (κ2) is 2.63. The first-order chi connectivity index (χ1) is 5.35. The van der Waals surface area contributed by atoms with Crippen LogP contribution < -0.4 is 0 Å². The summed E-state index contributed by atoms with van der Waals surface area (Å²) < 4.78 is 0. The van der Waals surface area contributed by atoms with Gasteiger partial charge in [-0.15, -0.1) is 6.58 Å². The van der Waals surface area contributed by atoms with Crippen LogP contribution in [0.2, 0.25) is 0 Å². The van der Waals surface area contributed by atoms with E-state index in [4.69, 9.17) is 5.11 Å². The number of rotatable bonds is 2. The zero-order valence-corrected chi connectivity index (χ0v) is 6.87. The molecule has 4 atom stereocenters. The molecule has 62 valence electrons. The van der Waals surface area contributed by atoms with Gasteiger partial charge in [-0.1, -0.05) is 6.08 Å². The summed E-state index contributed by atoms with van der Waals surface area (Å²) in [5.41, 5.74) is 0. The smallest absolute Gasteiger partial charge is 0.0462 e. The van der Waals surface area contributed by atoms with Crippen LogP contribution in [-0.2, 0) is 0 Å². The molecule has 0 aliphatic heterocycles. The van der Waals surface area contributed by atoms with Crippen molar-refractivity contribution in [2.45, 2.75) is 19.3 Å². The van der Waals surface area contributed by atoms with E-state index in [-0.39, 0.29) is 0 Å². The van der Waals surface area contributed by atoms with E-state index in [9.17, 15) is 0 Å². The first-order valence-corrected chi connectivity index (χ1v) is 4.58. The van der Waals surface area contributed by atoms with E-state index in [1.807, 2.05) is 0 Å². The van der Waals surface area contributed by atoms with Crippen molar-refractivity contribution in [1.29, 1.82) is 0 Å². The maximum Gasteiger partial charge on any atom is 0.0462 e. The van der Waals surface area contributed by atoms with Gasteiger partial charge in [-0.25, -0.2) is 0 Å². The molecule has 11 heavy (non-hydrogen) atoms. The van der Waals surface area contributed by atoms with Crippen molar-refractivity contribution in [1.82, 2.24) is 0 Å². The maximum absolute atomic E-state index is 9.02. The second-order valence-electron chi connectivity index (χ2n) is 4.07. The topological polar surface area (TPSA) is 20.2 Å². The van der Waals surface area contributed by atoms with E-state index in [1.165, 1.54) is 19.3 Å². The summed E-state index contributed by atoms with van der Waals surface area (Å²) in [7, 11) is 0. The van der Waals surface area contributed by atoms with Gasteiger partial charge < -0.3 is 5.11 Å². The minimum Gasteiger partial charge on any atom is -0.396 e. The molecular formula is C10H16O. The van der Waals surface area contributed by atoms with Gasteiger partial charge in [0.05, 0.1) is 0 Å². The largest absolute Gasteiger partial charge is 0.396 e. The van der Waals surface area contributed by atoms with E-state index in [2.05, 4.69) is 12.7 Å². The van der Waals surface area contributed by atoms with Crippen LogP contribution in [0.5, 0.6) is 0 Å². The molecule has 2 saturated carbocycles. The van der Waals surface area contributed by atoms with Gasteiger partial charge in [0, 0.05) is 6.61 Å². The van der Waals surface area contributed by atoms with Crippen molar-refractivity contribution in [3.63, 3.8) is 0 Å². The van der Waals surface area contributed by atoms with Gasteiger partial charge in [0.1, 0.15) is 0 Å². The van der Waals surface area contributed by atoms with Crippen LogP contribution in [0, 0.1) is 23.7 Å². The highest BCUT2D eigenvalue weighted by Crippen LogP contribution is 2.51. The SMILES string of the molecule is C=CC1CC2CC1CC2CO. The van der Waals surface area contributed by atoms with Gasteiger partial charge in [-0.05, 0) is 42.9 Å². The van der Waals surface area contributed by atoms with E-state index < -0.39 is 0 Å². The van der Waals surface area contributed by atoms with Gasteiger partial charge >= 0.3 is 0 Å². The lowest BCUT2D eigenvalue weighted by atomic mass is 9.83. The predicted molar refractivity (Wildman–Crippen MR) is 45.1 cm³/mol. The first-order valence-electron chi connectivity index (χ1n) is 4.58. The van der Waals surface area contributed by atoms with Crippen LogP contribution in [0.1, 0.15) is 19.3 Å². The number of hydrogen-bond donors (Lipinski definition) is 1. The van der Waals surface area contributed by atoms with E-state index in [1.54, 1.807) is 0 Å². The molecule has 0 aromatic heterocycles. The van der Waals surface area contributed by atoms with Crippen molar-refractivity contribution in [2.75, 3.05) is 6.61 Å². The van der Waals surface area contributed by atoms with Crippen molar-refractivity contribution in [3.8, 4) is 0 Å². The Balaban J connectivity index is 2.02. The fourth-order valence-corrected chi connectivity index (χ4v) is 2.95. The Kier molecular flexibility index (Phi) is 1.76. The van der Waals surface area contributed by atoms with Crippen LogP contribution in [0.4, 0.5) is 0 Å². The summed E-state index contributed by atoms with van der Waals surface area (Å²) in [5.74, 6) is 3.06. The Morgan fingerprint density at radius 2 is 2.09 bits per heavy atom. The van der Waals surface area contributed by atoms with Gasteiger partial charge in [0.25, 0.3) is 0 Å². The Hall–Kier alpha value is -0.300. The van der Waals surface area contributed by atoms with Crippen LogP contribution in [-0.4, -0.2) is 11.7 Å². The normalized spacial score (nSPS) is 48.1. The standard InChI is InChI=1S/C10H16O/c1-2-7-3-9-4-8(7)5-10(9)6-11/h2,7-11H,1,3-6H2. The molecule has 2 rings (SSSR count). The monoisotopic (exact) mass is 152 g/mol. The van der Waals surface area contributed by atoms with Crippen LogP contribution >= 0.6 is 0 Å². The van der Waals surface area contributed by atoms with Crippen molar-refractivity contribution >= 4 is 0 Å². The number of aliphatic hydroxyl groups is 1. The molecule has 1 heteroatoms. The second-order valence-corrected chi connectivity index (χ2v) is 4.07. The maximum atomic E-state index is 9.02. The molecule has 2 aliphatic rings. The average molecular weight is 152 g/mol. The minimum atomic E-state index is 0.408. The number of hydrogen-bond acceptors (Lipinski definition) is 1. The zero-order valence-electron chi connectivity index (χ0n) is 6.87. The lowest BCUT2D eigenvalue weighted by molar-refractivity contribution is 0.166. The van der Waals surface area contributed by atoms with Gasteiger partial charge in [-0.3, -0.25) is 0 Å². The van der Waals surface area contributed by atoms with Crippen molar-refractivity contribution in [3.05, 3.63) is 12.7 Å².